The van der Waals surface area contributed by atoms with E-state index in [-0.39, 0.29) is 12.8 Å². The zero-order valence-electron chi connectivity index (χ0n) is 9.81. The van der Waals surface area contributed by atoms with E-state index in [4.69, 9.17) is 16.6 Å². The van der Waals surface area contributed by atoms with Crippen molar-refractivity contribution in [1.29, 1.82) is 0 Å². The van der Waals surface area contributed by atoms with Gasteiger partial charge in [-0.3, -0.25) is 9.59 Å². The van der Waals surface area contributed by atoms with Gasteiger partial charge in [-0.1, -0.05) is 13.3 Å². The first kappa shape index (κ1) is 15.4. The highest BCUT2D eigenvalue weighted by atomic mass is 16.4. The molecular weight excluding hydrogens is 226 g/mol. The summed E-state index contributed by atoms with van der Waals surface area (Å²) in [6.07, 6.45) is 1.08. The van der Waals surface area contributed by atoms with Gasteiger partial charge in [0.15, 0.2) is 0 Å². The van der Waals surface area contributed by atoms with Crippen molar-refractivity contribution in [2.45, 2.75) is 44.7 Å². The van der Waals surface area contributed by atoms with Crippen molar-refractivity contribution in [2.75, 3.05) is 0 Å². The van der Waals surface area contributed by atoms with Gasteiger partial charge < -0.3 is 21.9 Å². The van der Waals surface area contributed by atoms with Crippen LogP contribution in [-0.4, -0.2) is 35.0 Å². The number of carboxylic acid groups (broad SMARTS) is 1. The molecule has 6 N–H and O–H groups in total. The van der Waals surface area contributed by atoms with Crippen LogP contribution in [0.25, 0.3) is 0 Å². The fraction of sp³-hybridized carbons (Fsp3) is 0.700. The first-order valence-corrected chi connectivity index (χ1v) is 5.45. The molecule has 0 unspecified atom stereocenters. The summed E-state index contributed by atoms with van der Waals surface area (Å²) in [6, 6.07) is -1.85. The van der Waals surface area contributed by atoms with E-state index < -0.39 is 29.9 Å². The number of aliphatic carboxylic acids is 1. The largest absolute Gasteiger partial charge is 0.480 e. The Hall–Kier alpha value is -1.63. The minimum Gasteiger partial charge on any atom is -0.480 e. The van der Waals surface area contributed by atoms with Crippen molar-refractivity contribution >= 4 is 17.8 Å². The second-order valence-electron chi connectivity index (χ2n) is 3.80. The second kappa shape index (κ2) is 7.61. The van der Waals surface area contributed by atoms with Crippen LogP contribution in [0.1, 0.15) is 32.6 Å². The van der Waals surface area contributed by atoms with E-state index in [1.165, 1.54) is 0 Å². The summed E-state index contributed by atoms with van der Waals surface area (Å²) < 4.78 is 0. The molecule has 0 fully saturated rings. The van der Waals surface area contributed by atoms with Crippen LogP contribution in [0, 0.1) is 0 Å². The topological polar surface area (TPSA) is 136 Å². The average Bonchev–Trinajstić information content (AvgIpc) is 2.24. The van der Waals surface area contributed by atoms with Gasteiger partial charge in [-0.15, -0.1) is 0 Å². The van der Waals surface area contributed by atoms with Gasteiger partial charge in [0.1, 0.15) is 6.04 Å². The minimum absolute atomic E-state index is 0.000102. The summed E-state index contributed by atoms with van der Waals surface area (Å²) in [5.41, 5.74) is 10.4. The lowest BCUT2D eigenvalue weighted by Gasteiger charge is -2.16. The third-order valence-corrected chi connectivity index (χ3v) is 2.23. The smallest absolute Gasteiger partial charge is 0.326 e. The Labute approximate surface area is 99.5 Å². The average molecular weight is 245 g/mol. The van der Waals surface area contributed by atoms with Crippen molar-refractivity contribution in [3.05, 3.63) is 0 Å². The molecule has 0 aliphatic rings. The number of carbonyl (C=O) groups excluding carboxylic acids is 2. The van der Waals surface area contributed by atoms with Gasteiger partial charge >= 0.3 is 5.97 Å². The van der Waals surface area contributed by atoms with E-state index in [1.54, 1.807) is 0 Å². The minimum atomic E-state index is -1.10. The maximum Gasteiger partial charge on any atom is 0.326 e. The zero-order chi connectivity index (χ0) is 13.4. The van der Waals surface area contributed by atoms with Crippen LogP contribution in [0.2, 0.25) is 0 Å². The Morgan fingerprint density at radius 3 is 2.29 bits per heavy atom. The summed E-state index contributed by atoms with van der Waals surface area (Å²) in [5.74, 6) is -2.22. The summed E-state index contributed by atoms with van der Waals surface area (Å²) >= 11 is 0. The number of carbonyl (C=O) groups is 3. The molecule has 7 heteroatoms. The van der Waals surface area contributed by atoms with Crippen molar-refractivity contribution in [2.24, 2.45) is 11.5 Å². The van der Waals surface area contributed by atoms with Gasteiger partial charge in [-0.05, 0) is 12.8 Å². The van der Waals surface area contributed by atoms with Crippen LogP contribution in [0.4, 0.5) is 0 Å². The first-order valence-electron chi connectivity index (χ1n) is 5.45. The SMILES string of the molecule is CCC[C@H](NC(=O)[C@@H](N)CCC(N)=O)C(=O)O. The molecule has 0 spiro atoms. The maximum absolute atomic E-state index is 11.5. The van der Waals surface area contributed by atoms with Crippen molar-refractivity contribution < 1.29 is 19.5 Å². The van der Waals surface area contributed by atoms with Crippen molar-refractivity contribution in [3.63, 3.8) is 0 Å². The van der Waals surface area contributed by atoms with E-state index in [2.05, 4.69) is 5.32 Å². The summed E-state index contributed by atoms with van der Waals surface area (Å²) in [7, 11) is 0. The predicted octanol–water partition coefficient (Wildman–Crippen LogP) is -1.05. The third kappa shape index (κ3) is 6.52. The monoisotopic (exact) mass is 245 g/mol. The second-order valence-corrected chi connectivity index (χ2v) is 3.80. The molecule has 0 aliphatic heterocycles. The Morgan fingerprint density at radius 1 is 1.29 bits per heavy atom. The lowest BCUT2D eigenvalue weighted by atomic mass is 10.1. The van der Waals surface area contributed by atoms with E-state index >= 15 is 0 Å². The highest BCUT2D eigenvalue weighted by molar-refractivity contribution is 5.87. The molecule has 0 saturated heterocycles. The Kier molecular flexibility index (Phi) is 6.88. The molecule has 7 nitrogen and oxygen atoms in total. The first-order chi connectivity index (χ1) is 7.88. The summed E-state index contributed by atoms with van der Waals surface area (Å²) in [4.78, 5) is 32.8. The summed E-state index contributed by atoms with van der Waals surface area (Å²) in [5, 5.41) is 11.1. The van der Waals surface area contributed by atoms with E-state index in [1.807, 2.05) is 6.92 Å². The van der Waals surface area contributed by atoms with Crippen LogP contribution < -0.4 is 16.8 Å². The Bertz CT molecular complexity index is 293. The van der Waals surface area contributed by atoms with Crippen LogP contribution in [0.15, 0.2) is 0 Å². The van der Waals surface area contributed by atoms with E-state index in [9.17, 15) is 14.4 Å². The molecule has 2 amide bonds. The number of primary amides is 1. The molecule has 0 rings (SSSR count). The normalized spacial score (nSPS) is 13.8. The number of carboxylic acids is 1. The summed E-state index contributed by atoms with van der Waals surface area (Å²) in [6.45, 7) is 1.81. The lowest BCUT2D eigenvalue weighted by Crippen LogP contribution is -2.48. The Morgan fingerprint density at radius 2 is 1.88 bits per heavy atom. The van der Waals surface area contributed by atoms with Crippen molar-refractivity contribution in [3.8, 4) is 0 Å². The fourth-order valence-electron chi connectivity index (χ4n) is 1.25. The molecule has 0 aliphatic carbocycles. The zero-order valence-corrected chi connectivity index (χ0v) is 9.81. The molecule has 0 saturated carbocycles. The molecule has 0 aromatic heterocycles. The van der Waals surface area contributed by atoms with Crippen LogP contribution in [0.3, 0.4) is 0 Å². The van der Waals surface area contributed by atoms with Crippen molar-refractivity contribution in [1.82, 2.24) is 5.32 Å². The molecular formula is C10H19N3O4. The van der Waals surface area contributed by atoms with E-state index in [0.29, 0.717) is 12.8 Å². The number of nitrogens with one attached hydrogen (secondary N) is 1. The number of hydrogen-bond acceptors (Lipinski definition) is 4. The molecule has 0 bridgehead atoms. The quantitative estimate of drug-likeness (QED) is 0.432. The standard InChI is InChI=1S/C10H19N3O4/c1-2-3-7(10(16)17)13-9(15)6(11)4-5-8(12)14/h6-7H,2-5,11H2,1H3,(H2,12,14)(H,13,15)(H,16,17)/t6-,7-/m0/s1. The molecule has 0 radical (unpaired) electrons. The van der Waals surface area contributed by atoms with Crippen LogP contribution in [-0.2, 0) is 14.4 Å². The maximum atomic E-state index is 11.5. The van der Waals surface area contributed by atoms with Gasteiger partial charge in [0.05, 0.1) is 6.04 Å². The third-order valence-electron chi connectivity index (χ3n) is 2.23. The highest BCUT2D eigenvalue weighted by Crippen LogP contribution is 1.99. The molecule has 0 aromatic carbocycles. The van der Waals surface area contributed by atoms with E-state index in [0.717, 1.165) is 0 Å². The molecule has 2 atom stereocenters. The van der Waals surface area contributed by atoms with Crippen LogP contribution in [0.5, 0.6) is 0 Å². The van der Waals surface area contributed by atoms with Gasteiger partial charge in [-0.25, -0.2) is 4.79 Å². The predicted molar refractivity (Wildman–Crippen MR) is 60.9 cm³/mol. The van der Waals surface area contributed by atoms with Gasteiger partial charge in [0.25, 0.3) is 0 Å². The van der Waals surface area contributed by atoms with Gasteiger partial charge in [0, 0.05) is 6.42 Å². The number of amides is 2. The molecule has 17 heavy (non-hydrogen) atoms. The number of hydrogen-bond donors (Lipinski definition) is 4. The lowest BCUT2D eigenvalue weighted by molar-refractivity contribution is -0.142. The fourth-order valence-corrected chi connectivity index (χ4v) is 1.25. The molecule has 0 heterocycles. The molecule has 98 valence electrons. The number of rotatable bonds is 8. The van der Waals surface area contributed by atoms with Crippen LogP contribution >= 0.6 is 0 Å². The van der Waals surface area contributed by atoms with Gasteiger partial charge in [-0.2, -0.15) is 0 Å². The Balaban J connectivity index is 4.20. The number of nitrogens with two attached hydrogens (primary N) is 2. The van der Waals surface area contributed by atoms with Gasteiger partial charge in [0.2, 0.25) is 11.8 Å². The molecule has 0 aromatic rings. The highest BCUT2D eigenvalue weighted by Gasteiger charge is 2.22.